The first-order valence-electron chi connectivity index (χ1n) is 17.9. The maximum atomic E-state index is 12.8. The Balaban J connectivity index is 0.000000181. The zero-order valence-corrected chi connectivity index (χ0v) is 35.7. The second-order valence-electron chi connectivity index (χ2n) is 13.3. The number of aryl methyl sites for hydroxylation is 2. The lowest BCUT2D eigenvalue weighted by molar-refractivity contribution is 0.403. The maximum absolute atomic E-state index is 12.8. The molecule has 0 saturated carbocycles. The second kappa shape index (κ2) is 17.2. The Kier molecular flexibility index (Phi) is 12.3. The maximum Gasteiger partial charge on any atom is 0.262 e. The van der Waals surface area contributed by atoms with Gasteiger partial charge in [-0.25, -0.2) is 19.3 Å². The molecular weight excluding hydrogens is 901 g/mol. The lowest BCUT2D eigenvalue weighted by Gasteiger charge is -2.09. The largest absolute Gasteiger partial charge is 0.504 e. The Hall–Kier alpha value is -5.48. The van der Waals surface area contributed by atoms with Crippen molar-refractivity contribution in [3.8, 4) is 34.4 Å². The van der Waals surface area contributed by atoms with Gasteiger partial charge in [0.05, 0.1) is 31.5 Å². The molecule has 0 saturated heterocycles. The van der Waals surface area contributed by atoms with E-state index in [1.807, 2.05) is 13.8 Å². The molecule has 0 bridgehead atoms. The van der Waals surface area contributed by atoms with Crippen LogP contribution < -0.4 is 11.1 Å². The molecule has 308 valence electrons. The first-order valence-corrected chi connectivity index (χ1v) is 20.2. The fourth-order valence-electron chi connectivity index (χ4n) is 6.47. The van der Waals surface area contributed by atoms with Gasteiger partial charge in [0.1, 0.15) is 33.8 Å². The normalized spacial score (nSPS) is 11.3. The number of aromatic hydroxyl groups is 4. The molecule has 0 aliphatic heterocycles. The average Bonchev–Trinajstić information content (AvgIpc) is 3.73. The molecule has 0 atom stereocenters. The highest BCUT2D eigenvalue weighted by atomic mass is 35.5. The summed E-state index contributed by atoms with van der Waals surface area (Å²) in [5, 5.41) is 50.0. The van der Waals surface area contributed by atoms with E-state index in [4.69, 9.17) is 69.6 Å². The Morgan fingerprint density at radius 1 is 0.533 bits per heavy atom. The first kappa shape index (κ1) is 42.6. The van der Waals surface area contributed by atoms with Crippen molar-refractivity contribution in [3.05, 3.63) is 146 Å². The van der Waals surface area contributed by atoms with E-state index in [-0.39, 0.29) is 67.0 Å². The summed E-state index contributed by atoms with van der Waals surface area (Å²) in [5.41, 5.74) is 3.07. The van der Waals surface area contributed by atoms with E-state index in [2.05, 4.69) is 30.1 Å². The van der Waals surface area contributed by atoms with Crippen molar-refractivity contribution in [1.82, 2.24) is 39.5 Å². The quantitative estimate of drug-likeness (QED) is 0.0796. The van der Waals surface area contributed by atoms with Crippen LogP contribution in [0.5, 0.6) is 23.0 Å². The topological polar surface area (TPSA) is 208 Å². The zero-order valence-electron chi connectivity index (χ0n) is 31.2. The Morgan fingerprint density at radius 3 is 1.20 bits per heavy atom. The third-order valence-electron chi connectivity index (χ3n) is 9.20. The molecule has 6 N–H and O–H groups in total. The molecule has 0 aliphatic carbocycles. The van der Waals surface area contributed by atoms with Gasteiger partial charge in [-0.3, -0.25) is 9.59 Å². The van der Waals surface area contributed by atoms with Crippen molar-refractivity contribution in [3.63, 3.8) is 0 Å². The van der Waals surface area contributed by atoms with Crippen molar-refractivity contribution in [1.29, 1.82) is 0 Å². The molecule has 0 unspecified atom stereocenters. The predicted molar refractivity (Wildman–Crippen MR) is 233 cm³/mol. The molecule has 8 rings (SSSR count). The Bertz CT molecular complexity index is 2860. The van der Waals surface area contributed by atoms with Crippen LogP contribution in [0.1, 0.15) is 48.0 Å². The van der Waals surface area contributed by atoms with E-state index in [1.165, 1.54) is 57.9 Å². The van der Waals surface area contributed by atoms with Gasteiger partial charge >= 0.3 is 0 Å². The lowest BCUT2D eigenvalue weighted by atomic mass is 10.1. The monoisotopic (exact) mass is 928 g/mol. The van der Waals surface area contributed by atoms with E-state index in [0.717, 1.165) is 0 Å². The summed E-state index contributed by atoms with van der Waals surface area (Å²) in [4.78, 5) is 40.4. The number of aromatic amines is 2. The van der Waals surface area contributed by atoms with Gasteiger partial charge in [0.25, 0.3) is 11.1 Å². The van der Waals surface area contributed by atoms with Crippen LogP contribution in [0, 0.1) is 0 Å². The van der Waals surface area contributed by atoms with Crippen molar-refractivity contribution in [2.45, 2.75) is 39.5 Å². The second-order valence-corrected chi connectivity index (χ2v) is 15.8. The first-order chi connectivity index (χ1) is 28.6. The summed E-state index contributed by atoms with van der Waals surface area (Å²) in [7, 11) is 0. The standard InChI is InChI=1S/2C20H15Cl3N4O3/c2*1-2-13-17-19(27(26-13)18-11(22)7-10(21)8-12(18)23)24-16(25-20(17)30)6-9-3-4-14(28)15(29)5-9/h2*3-5,7-8,28-29H,2,6H2,1H3,(H,24,25,30). The number of fused-ring (bicyclic) bond motifs is 2. The van der Waals surface area contributed by atoms with Crippen molar-refractivity contribution in [2.24, 2.45) is 0 Å². The fourth-order valence-corrected chi connectivity index (χ4v) is 8.42. The molecule has 0 spiro atoms. The average molecular weight is 931 g/mol. The number of nitrogens with zero attached hydrogens (tertiary/aromatic N) is 6. The van der Waals surface area contributed by atoms with Gasteiger partial charge in [-0.05, 0) is 72.5 Å². The van der Waals surface area contributed by atoms with Crippen LogP contribution in [-0.2, 0) is 25.7 Å². The van der Waals surface area contributed by atoms with E-state index < -0.39 is 0 Å². The molecule has 8 aromatic rings. The van der Waals surface area contributed by atoms with Crippen molar-refractivity contribution >= 4 is 91.7 Å². The van der Waals surface area contributed by atoms with E-state index in [9.17, 15) is 30.0 Å². The number of rotatable bonds is 8. The van der Waals surface area contributed by atoms with E-state index in [0.29, 0.717) is 90.5 Å². The van der Waals surface area contributed by atoms with E-state index in [1.54, 1.807) is 12.1 Å². The molecule has 4 heterocycles. The minimum absolute atomic E-state index is 0.216. The number of benzene rings is 4. The molecule has 60 heavy (non-hydrogen) atoms. The van der Waals surface area contributed by atoms with Crippen molar-refractivity contribution in [2.75, 3.05) is 0 Å². The number of H-pyrrole nitrogens is 2. The summed E-state index contributed by atoms with van der Waals surface area (Å²) in [6.45, 7) is 3.76. The predicted octanol–water partition coefficient (Wildman–Crippen LogP) is 9.27. The number of nitrogens with one attached hydrogen (secondary N) is 2. The number of halogens is 6. The Morgan fingerprint density at radius 2 is 0.883 bits per heavy atom. The van der Waals surface area contributed by atoms with Crippen LogP contribution >= 0.6 is 69.6 Å². The van der Waals surface area contributed by atoms with Gasteiger partial charge in [0, 0.05) is 22.9 Å². The number of hydrogen-bond donors (Lipinski definition) is 6. The van der Waals surface area contributed by atoms with Crippen LogP contribution in [0.3, 0.4) is 0 Å². The van der Waals surface area contributed by atoms with Crippen LogP contribution in [0.15, 0.2) is 70.3 Å². The number of aromatic nitrogens is 8. The number of hydrogen-bond acceptors (Lipinski definition) is 10. The SMILES string of the molecule is CCc1nn(-c2c(Cl)cc(Cl)cc2Cl)c2nc(Cc3ccc(O)c(O)c3)[nH]c(=O)c12.CCc1nn(-c2c(Cl)cc(Cl)cc2Cl)c2nc(Cc3ccc(O)c(O)c3)[nH]c(=O)c12. The molecule has 20 heteroatoms. The Labute approximate surface area is 369 Å². The van der Waals surface area contributed by atoms with E-state index >= 15 is 0 Å². The summed E-state index contributed by atoms with van der Waals surface area (Å²) < 4.78 is 2.89. The molecule has 0 aliphatic rings. The highest BCUT2D eigenvalue weighted by Gasteiger charge is 2.23. The van der Waals surface area contributed by atoms with Crippen LogP contribution in [0.25, 0.3) is 33.4 Å². The number of phenols is 4. The highest BCUT2D eigenvalue weighted by molar-refractivity contribution is 6.41. The van der Waals surface area contributed by atoms with Crippen LogP contribution in [0.2, 0.25) is 30.1 Å². The van der Waals surface area contributed by atoms with Crippen LogP contribution in [-0.4, -0.2) is 59.9 Å². The molecule has 4 aromatic carbocycles. The van der Waals surface area contributed by atoms with Gasteiger partial charge in [0.2, 0.25) is 0 Å². The molecule has 4 aromatic heterocycles. The lowest BCUT2D eigenvalue weighted by Crippen LogP contribution is -2.13. The van der Waals surface area contributed by atoms with Gasteiger partial charge < -0.3 is 30.4 Å². The summed E-state index contributed by atoms with van der Waals surface area (Å²) in [6, 6.07) is 15.0. The van der Waals surface area contributed by atoms with Crippen molar-refractivity contribution < 1.29 is 20.4 Å². The van der Waals surface area contributed by atoms with Gasteiger partial charge in [-0.2, -0.15) is 10.2 Å². The molecule has 0 radical (unpaired) electrons. The fraction of sp³-hybridized carbons (Fsp3) is 0.150. The minimum atomic E-state index is -0.345. The van der Waals surface area contributed by atoms with Gasteiger partial charge in [-0.15, -0.1) is 0 Å². The zero-order chi connectivity index (χ0) is 43.2. The molecule has 14 nitrogen and oxygen atoms in total. The van der Waals surface area contributed by atoms with Gasteiger partial charge in [-0.1, -0.05) is 95.6 Å². The smallest absolute Gasteiger partial charge is 0.262 e. The molecule has 0 amide bonds. The molecular formula is C40H30Cl6N8O6. The minimum Gasteiger partial charge on any atom is -0.504 e. The molecule has 0 fully saturated rings. The van der Waals surface area contributed by atoms with Gasteiger partial charge in [0.15, 0.2) is 34.3 Å². The number of phenolic OH excluding ortho intramolecular Hbond substituents is 4. The summed E-state index contributed by atoms with van der Waals surface area (Å²) >= 11 is 37.5. The third-order valence-corrected chi connectivity index (χ3v) is 10.8. The highest BCUT2D eigenvalue weighted by Crippen LogP contribution is 2.36. The summed E-state index contributed by atoms with van der Waals surface area (Å²) in [5.74, 6) is -0.269. The van der Waals surface area contributed by atoms with Crippen LogP contribution in [0.4, 0.5) is 0 Å². The summed E-state index contributed by atoms with van der Waals surface area (Å²) in [6.07, 6.45) is 1.44. The third kappa shape index (κ3) is 8.44.